The largest absolute Gasteiger partial charge is 0.384 e. The zero-order chi connectivity index (χ0) is 12.9. The van der Waals surface area contributed by atoms with Crippen molar-refractivity contribution < 1.29 is 0 Å². The van der Waals surface area contributed by atoms with E-state index in [0.717, 1.165) is 22.1 Å². The van der Waals surface area contributed by atoms with Gasteiger partial charge < -0.3 is 10.7 Å². The quantitative estimate of drug-likeness (QED) is 0.629. The summed E-state index contributed by atoms with van der Waals surface area (Å²) in [6.45, 7) is 6.46. The van der Waals surface area contributed by atoms with E-state index in [1.54, 1.807) is 0 Å². The van der Waals surface area contributed by atoms with Crippen molar-refractivity contribution in [3.05, 3.63) is 36.0 Å². The van der Waals surface area contributed by atoms with Crippen LogP contribution in [0.3, 0.4) is 0 Å². The standard InChI is InChI=1S/C15H17N3/c1-15(2,3)14-13-10(8-12(16)18-14)9-6-4-5-7-11(9)17-13/h4-8,17H,1-3H3,(H2,16,18). The van der Waals surface area contributed by atoms with Gasteiger partial charge in [0.15, 0.2) is 0 Å². The molecule has 0 atom stereocenters. The highest BCUT2D eigenvalue weighted by molar-refractivity contribution is 6.08. The fourth-order valence-corrected chi connectivity index (χ4v) is 2.41. The first-order valence-electron chi connectivity index (χ1n) is 6.14. The van der Waals surface area contributed by atoms with Crippen LogP contribution in [0.1, 0.15) is 26.5 Å². The molecule has 18 heavy (non-hydrogen) atoms. The van der Waals surface area contributed by atoms with E-state index in [0.29, 0.717) is 5.82 Å². The summed E-state index contributed by atoms with van der Waals surface area (Å²) in [5, 5.41) is 2.36. The van der Waals surface area contributed by atoms with Gasteiger partial charge in [-0.3, -0.25) is 0 Å². The van der Waals surface area contributed by atoms with E-state index in [2.05, 4.69) is 42.9 Å². The predicted molar refractivity (Wildman–Crippen MR) is 76.7 cm³/mol. The fourth-order valence-electron chi connectivity index (χ4n) is 2.41. The number of fused-ring (bicyclic) bond motifs is 3. The molecule has 92 valence electrons. The van der Waals surface area contributed by atoms with E-state index in [4.69, 9.17) is 5.73 Å². The Morgan fingerprint density at radius 1 is 1.11 bits per heavy atom. The molecule has 0 saturated heterocycles. The number of H-pyrrole nitrogens is 1. The van der Waals surface area contributed by atoms with E-state index in [9.17, 15) is 0 Å². The second-order valence-electron chi connectivity index (χ2n) is 5.74. The maximum Gasteiger partial charge on any atom is 0.124 e. The number of rotatable bonds is 0. The lowest BCUT2D eigenvalue weighted by Gasteiger charge is -2.19. The molecule has 0 saturated carbocycles. The van der Waals surface area contributed by atoms with Crippen LogP contribution in [0.5, 0.6) is 0 Å². The third-order valence-electron chi connectivity index (χ3n) is 3.23. The van der Waals surface area contributed by atoms with Crippen molar-refractivity contribution in [2.45, 2.75) is 26.2 Å². The third-order valence-corrected chi connectivity index (χ3v) is 3.23. The molecule has 0 bridgehead atoms. The summed E-state index contributed by atoms with van der Waals surface area (Å²) >= 11 is 0. The van der Waals surface area contributed by atoms with Crippen LogP contribution in [0.2, 0.25) is 0 Å². The summed E-state index contributed by atoms with van der Waals surface area (Å²) in [6, 6.07) is 10.2. The van der Waals surface area contributed by atoms with Crippen molar-refractivity contribution in [2.24, 2.45) is 0 Å². The van der Waals surface area contributed by atoms with Gasteiger partial charge in [-0.05, 0) is 12.1 Å². The monoisotopic (exact) mass is 239 g/mol. The Balaban J connectivity index is 2.51. The Hall–Kier alpha value is -2.03. The lowest BCUT2D eigenvalue weighted by atomic mass is 9.90. The van der Waals surface area contributed by atoms with E-state index < -0.39 is 0 Å². The molecule has 1 aromatic carbocycles. The van der Waals surface area contributed by atoms with Gasteiger partial charge in [0.25, 0.3) is 0 Å². The fraction of sp³-hybridized carbons (Fsp3) is 0.267. The Labute approximate surface area is 106 Å². The van der Waals surface area contributed by atoms with Gasteiger partial charge in [-0.25, -0.2) is 4.98 Å². The first kappa shape index (κ1) is 11.1. The summed E-state index contributed by atoms with van der Waals surface area (Å²) in [5.41, 5.74) is 9.16. The summed E-state index contributed by atoms with van der Waals surface area (Å²) in [7, 11) is 0. The number of nitrogens with one attached hydrogen (secondary N) is 1. The number of hydrogen-bond donors (Lipinski definition) is 2. The van der Waals surface area contributed by atoms with Crippen molar-refractivity contribution in [3.8, 4) is 0 Å². The molecule has 0 aliphatic rings. The Bertz CT molecular complexity index is 732. The first-order valence-corrected chi connectivity index (χ1v) is 6.14. The average molecular weight is 239 g/mol. The molecule has 3 aromatic rings. The van der Waals surface area contributed by atoms with Gasteiger partial charge in [0.2, 0.25) is 0 Å². The maximum atomic E-state index is 5.95. The Kier molecular flexibility index (Phi) is 2.14. The normalized spacial score (nSPS) is 12.4. The molecule has 3 rings (SSSR count). The smallest absolute Gasteiger partial charge is 0.124 e. The van der Waals surface area contributed by atoms with Crippen molar-refractivity contribution in [2.75, 3.05) is 5.73 Å². The number of benzene rings is 1. The van der Waals surface area contributed by atoms with Gasteiger partial charge in [-0.1, -0.05) is 39.0 Å². The number of nitrogens with zero attached hydrogens (tertiary/aromatic N) is 1. The molecule has 0 amide bonds. The molecule has 2 aromatic heterocycles. The minimum absolute atomic E-state index is 0.0332. The molecule has 0 radical (unpaired) electrons. The van der Waals surface area contributed by atoms with Crippen molar-refractivity contribution >= 4 is 27.6 Å². The van der Waals surface area contributed by atoms with Crippen molar-refractivity contribution in [1.29, 1.82) is 0 Å². The topological polar surface area (TPSA) is 54.7 Å². The number of para-hydroxylation sites is 1. The zero-order valence-corrected chi connectivity index (χ0v) is 10.9. The highest BCUT2D eigenvalue weighted by Gasteiger charge is 2.21. The number of aromatic amines is 1. The molecule has 3 heteroatoms. The number of hydrogen-bond acceptors (Lipinski definition) is 2. The maximum absolute atomic E-state index is 5.95. The Morgan fingerprint density at radius 2 is 1.83 bits per heavy atom. The highest BCUT2D eigenvalue weighted by Crippen LogP contribution is 2.33. The molecule has 2 heterocycles. The second kappa shape index (κ2) is 3.48. The van der Waals surface area contributed by atoms with Crippen LogP contribution in [0.15, 0.2) is 30.3 Å². The van der Waals surface area contributed by atoms with E-state index in [-0.39, 0.29) is 5.41 Å². The van der Waals surface area contributed by atoms with Crippen LogP contribution in [0, 0.1) is 0 Å². The van der Waals surface area contributed by atoms with E-state index in [1.807, 2.05) is 18.2 Å². The lowest BCUT2D eigenvalue weighted by molar-refractivity contribution is 0.575. The molecule has 0 spiro atoms. The molecule has 0 aliphatic carbocycles. The number of nitrogen functional groups attached to an aromatic ring is 1. The molecule has 0 fully saturated rings. The van der Waals surface area contributed by atoms with E-state index in [1.165, 1.54) is 5.39 Å². The van der Waals surface area contributed by atoms with E-state index >= 15 is 0 Å². The van der Waals surface area contributed by atoms with Gasteiger partial charge >= 0.3 is 0 Å². The molecule has 0 aliphatic heterocycles. The minimum Gasteiger partial charge on any atom is -0.384 e. The van der Waals surface area contributed by atoms with Gasteiger partial charge in [0.05, 0.1) is 11.2 Å². The van der Waals surface area contributed by atoms with Gasteiger partial charge in [-0.15, -0.1) is 0 Å². The molecular formula is C15H17N3. The third kappa shape index (κ3) is 1.55. The number of pyridine rings is 1. The first-order chi connectivity index (χ1) is 8.47. The van der Waals surface area contributed by atoms with Crippen molar-refractivity contribution in [1.82, 2.24) is 9.97 Å². The van der Waals surface area contributed by atoms with Crippen LogP contribution in [-0.4, -0.2) is 9.97 Å². The predicted octanol–water partition coefficient (Wildman–Crippen LogP) is 3.60. The molecular weight excluding hydrogens is 222 g/mol. The summed E-state index contributed by atoms with van der Waals surface area (Å²) in [4.78, 5) is 7.98. The SMILES string of the molecule is CC(C)(C)c1nc(N)cc2c1[nH]c1ccccc12. The highest BCUT2D eigenvalue weighted by atomic mass is 14.9. The average Bonchev–Trinajstić information content (AvgIpc) is 2.65. The number of anilines is 1. The molecule has 0 unspecified atom stereocenters. The molecule has 3 N–H and O–H groups in total. The van der Waals surface area contributed by atoms with Crippen LogP contribution in [-0.2, 0) is 5.41 Å². The molecule has 3 nitrogen and oxygen atoms in total. The second-order valence-corrected chi connectivity index (χ2v) is 5.74. The van der Waals surface area contributed by atoms with Crippen LogP contribution in [0.4, 0.5) is 5.82 Å². The lowest BCUT2D eigenvalue weighted by Crippen LogP contribution is -2.15. The minimum atomic E-state index is -0.0332. The van der Waals surface area contributed by atoms with Gasteiger partial charge in [0.1, 0.15) is 5.82 Å². The zero-order valence-electron chi connectivity index (χ0n) is 10.9. The van der Waals surface area contributed by atoms with Crippen molar-refractivity contribution in [3.63, 3.8) is 0 Å². The van der Waals surface area contributed by atoms with Crippen LogP contribution >= 0.6 is 0 Å². The summed E-state index contributed by atoms with van der Waals surface area (Å²) in [6.07, 6.45) is 0. The van der Waals surface area contributed by atoms with Crippen LogP contribution in [0.25, 0.3) is 21.8 Å². The van der Waals surface area contributed by atoms with Crippen LogP contribution < -0.4 is 5.73 Å². The van der Waals surface area contributed by atoms with Gasteiger partial charge in [-0.2, -0.15) is 0 Å². The summed E-state index contributed by atoms with van der Waals surface area (Å²) < 4.78 is 0. The Morgan fingerprint density at radius 3 is 2.56 bits per heavy atom. The summed E-state index contributed by atoms with van der Waals surface area (Å²) in [5.74, 6) is 0.581. The number of aromatic nitrogens is 2. The van der Waals surface area contributed by atoms with Gasteiger partial charge in [0, 0.05) is 21.7 Å². The number of nitrogens with two attached hydrogens (primary N) is 1.